The second-order valence-corrected chi connectivity index (χ2v) is 8.66. The summed E-state index contributed by atoms with van der Waals surface area (Å²) in [5.74, 6) is 1.90. The Kier molecular flexibility index (Phi) is 6.06. The second kappa shape index (κ2) is 8.89. The van der Waals surface area contributed by atoms with Crippen molar-refractivity contribution in [2.24, 2.45) is 5.92 Å². The van der Waals surface area contributed by atoms with E-state index < -0.39 is 0 Å². The van der Waals surface area contributed by atoms with Crippen LogP contribution in [-0.4, -0.2) is 23.2 Å². The molecule has 2 fully saturated rings. The van der Waals surface area contributed by atoms with Crippen molar-refractivity contribution in [3.8, 4) is 23.1 Å². The summed E-state index contributed by atoms with van der Waals surface area (Å²) in [6.07, 6.45) is 6.68. The summed E-state index contributed by atoms with van der Waals surface area (Å²) < 4.78 is 0. The highest BCUT2D eigenvalue weighted by atomic mass is 16.3. The first-order chi connectivity index (χ1) is 14.6. The Morgan fingerprint density at radius 1 is 1.30 bits per heavy atom. The maximum absolute atomic E-state index is 10.8. The monoisotopic (exact) mass is 402 g/mol. The Labute approximate surface area is 178 Å². The van der Waals surface area contributed by atoms with E-state index in [1.807, 2.05) is 19.1 Å². The molecule has 1 aromatic heterocycles. The average molecular weight is 403 g/mol. The van der Waals surface area contributed by atoms with Crippen LogP contribution in [0.25, 0.3) is 11.3 Å². The first-order valence-corrected chi connectivity index (χ1v) is 11.0. The van der Waals surface area contributed by atoms with Crippen LogP contribution in [0.4, 0.5) is 5.82 Å². The van der Waals surface area contributed by atoms with Crippen LogP contribution in [0.3, 0.4) is 0 Å². The Morgan fingerprint density at radius 2 is 2.07 bits per heavy atom. The van der Waals surface area contributed by atoms with E-state index in [-0.39, 0.29) is 5.75 Å². The first-order valence-electron chi connectivity index (χ1n) is 11.0. The van der Waals surface area contributed by atoms with Crippen molar-refractivity contribution in [2.45, 2.75) is 51.4 Å². The summed E-state index contributed by atoms with van der Waals surface area (Å²) in [5.41, 5.74) is 4.99. The van der Waals surface area contributed by atoms with Gasteiger partial charge in [-0.05, 0) is 80.8 Å². The molecule has 1 aromatic carbocycles. The maximum Gasteiger partial charge on any atom is 0.149 e. The van der Waals surface area contributed by atoms with Crippen molar-refractivity contribution in [1.29, 1.82) is 5.26 Å². The molecular weight excluding hydrogens is 372 g/mol. The van der Waals surface area contributed by atoms with Crippen LogP contribution in [0, 0.1) is 17.2 Å². The lowest BCUT2D eigenvalue weighted by Gasteiger charge is -2.25. The number of nitrogens with zero attached hydrogens (tertiary/aromatic N) is 2. The van der Waals surface area contributed by atoms with E-state index in [2.05, 4.69) is 29.3 Å². The molecule has 1 aliphatic heterocycles. The summed E-state index contributed by atoms with van der Waals surface area (Å²) in [6, 6.07) is 10.1. The topological polar surface area (TPSA) is 81.0 Å². The van der Waals surface area contributed by atoms with Crippen molar-refractivity contribution < 1.29 is 5.11 Å². The van der Waals surface area contributed by atoms with Gasteiger partial charge >= 0.3 is 0 Å². The van der Waals surface area contributed by atoms with Crippen molar-refractivity contribution in [3.63, 3.8) is 0 Å². The molecule has 2 aromatic rings. The Bertz CT molecular complexity index is 981. The molecule has 2 aliphatic rings. The van der Waals surface area contributed by atoms with Gasteiger partial charge in [-0.3, -0.25) is 0 Å². The number of nitriles is 1. The minimum Gasteiger partial charge on any atom is -0.507 e. The highest BCUT2D eigenvalue weighted by Gasteiger charge is 2.25. The molecule has 30 heavy (non-hydrogen) atoms. The minimum atomic E-state index is 0.248. The van der Waals surface area contributed by atoms with E-state index in [9.17, 15) is 10.4 Å². The molecule has 4 rings (SSSR count). The summed E-state index contributed by atoms with van der Waals surface area (Å²) >= 11 is 0. The Morgan fingerprint density at radius 3 is 2.73 bits per heavy atom. The fourth-order valence-electron chi connectivity index (χ4n) is 4.41. The van der Waals surface area contributed by atoms with Gasteiger partial charge in [0.05, 0.1) is 11.3 Å². The van der Waals surface area contributed by atoms with Gasteiger partial charge in [-0.15, -0.1) is 0 Å². The van der Waals surface area contributed by atoms with E-state index in [0.29, 0.717) is 17.3 Å². The number of aromatic hydroxyl groups is 1. The fraction of sp³-hybridized carbons (Fsp3) is 0.440. The third-order valence-electron chi connectivity index (χ3n) is 6.18. The van der Waals surface area contributed by atoms with Gasteiger partial charge in [-0.1, -0.05) is 31.6 Å². The van der Waals surface area contributed by atoms with Crippen LogP contribution >= 0.6 is 0 Å². The highest BCUT2D eigenvalue weighted by Crippen LogP contribution is 2.40. The number of piperidine rings is 1. The molecule has 156 valence electrons. The van der Waals surface area contributed by atoms with E-state index in [1.54, 1.807) is 6.07 Å². The van der Waals surface area contributed by atoms with Crippen LogP contribution in [-0.2, 0) is 6.42 Å². The van der Waals surface area contributed by atoms with Gasteiger partial charge in [0.1, 0.15) is 17.6 Å². The number of anilines is 1. The van der Waals surface area contributed by atoms with Crippen LogP contribution in [0.1, 0.15) is 61.6 Å². The molecule has 0 bridgehead atoms. The summed E-state index contributed by atoms with van der Waals surface area (Å²) in [6.45, 7) is 7.69. The fourth-order valence-corrected chi connectivity index (χ4v) is 4.41. The van der Waals surface area contributed by atoms with Gasteiger partial charge in [0.2, 0.25) is 0 Å². The second-order valence-electron chi connectivity index (χ2n) is 8.66. The number of hydrogen-bond donors (Lipinski definition) is 3. The van der Waals surface area contributed by atoms with E-state index >= 15 is 0 Å². The zero-order chi connectivity index (χ0) is 21.1. The normalized spacial score (nSPS) is 16.8. The zero-order valence-corrected chi connectivity index (χ0v) is 17.7. The molecule has 0 atom stereocenters. The summed E-state index contributed by atoms with van der Waals surface area (Å²) in [5, 5.41) is 27.3. The summed E-state index contributed by atoms with van der Waals surface area (Å²) in [7, 11) is 0. The highest BCUT2D eigenvalue weighted by molar-refractivity contribution is 5.75. The third kappa shape index (κ3) is 4.49. The molecule has 2 heterocycles. The number of pyridine rings is 1. The number of phenolic OH excluding ortho intramolecular Hbond substituents is 1. The number of aromatic nitrogens is 1. The largest absolute Gasteiger partial charge is 0.507 e. The van der Waals surface area contributed by atoms with E-state index in [1.165, 1.54) is 12.8 Å². The number of rotatable bonds is 7. The predicted octanol–water partition coefficient (Wildman–Crippen LogP) is 5.08. The van der Waals surface area contributed by atoms with Crippen molar-refractivity contribution in [2.75, 3.05) is 18.4 Å². The minimum absolute atomic E-state index is 0.248. The molecule has 3 N–H and O–H groups in total. The molecule has 0 amide bonds. The van der Waals surface area contributed by atoms with Gasteiger partial charge in [0, 0.05) is 11.3 Å². The molecule has 1 saturated carbocycles. The number of hydrogen-bond acceptors (Lipinski definition) is 5. The quantitative estimate of drug-likeness (QED) is 0.602. The van der Waals surface area contributed by atoms with Gasteiger partial charge in [-0.2, -0.15) is 5.26 Å². The van der Waals surface area contributed by atoms with Gasteiger partial charge in [-0.25, -0.2) is 4.98 Å². The third-order valence-corrected chi connectivity index (χ3v) is 6.18. The number of phenols is 1. The van der Waals surface area contributed by atoms with Crippen molar-refractivity contribution >= 4 is 5.82 Å². The van der Waals surface area contributed by atoms with E-state index in [4.69, 9.17) is 4.98 Å². The molecule has 5 nitrogen and oxygen atoms in total. The Hall–Kier alpha value is -2.84. The smallest absolute Gasteiger partial charge is 0.149 e. The van der Waals surface area contributed by atoms with E-state index in [0.717, 1.165) is 72.8 Å². The number of allylic oxidation sites excluding steroid dienone is 1. The number of aryl methyl sites for hydroxylation is 1. The first kappa shape index (κ1) is 20.4. The molecule has 0 radical (unpaired) electrons. The van der Waals surface area contributed by atoms with Crippen molar-refractivity contribution in [3.05, 3.63) is 53.2 Å². The maximum atomic E-state index is 10.8. The van der Waals surface area contributed by atoms with Crippen LogP contribution in [0.2, 0.25) is 0 Å². The molecular formula is C25H30N4O. The van der Waals surface area contributed by atoms with Crippen LogP contribution in [0.15, 0.2) is 36.5 Å². The van der Waals surface area contributed by atoms with Crippen LogP contribution < -0.4 is 10.6 Å². The predicted molar refractivity (Wildman–Crippen MR) is 120 cm³/mol. The number of nitrogens with one attached hydrogen (secondary N) is 2. The summed E-state index contributed by atoms with van der Waals surface area (Å²) in [4.78, 5) is 4.80. The average Bonchev–Trinajstić information content (AvgIpc) is 3.56. The van der Waals surface area contributed by atoms with Gasteiger partial charge in [0.15, 0.2) is 0 Å². The van der Waals surface area contributed by atoms with Crippen molar-refractivity contribution in [1.82, 2.24) is 10.3 Å². The molecule has 0 unspecified atom stereocenters. The zero-order valence-electron chi connectivity index (χ0n) is 17.7. The lowest BCUT2D eigenvalue weighted by atomic mass is 9.86. The van der Waals surface area contributed by atoms with Gasteiger partial charge < -0.3 is 15.7 Å². The van der Waals surface area contributed by atoms with Crippen LogP contribution in [0.5, 0.6) is 5.75 Å². The molecule has 1 saturated heterocycles. The molecule has 0 spiro atoms. The lowest BCUT2D eigenvalue weighted by Crippen LogP contribution is -2.27. The number of benzene rings is 1. The molecule has 5 heteroatoms. The van der Waals surface area contributed by atoms with Gasteiger partial charge in [0.25, 0.3) is 0 Å². The lowest BCUT2D eigenvalue weighted by molar-refractivity contribution is 0.459. The SMILES string of the molecule is C=C(C)Nc1nc(-c2c(O)cccc2CCC2CC2)cc(C2CCNCC2)c1C#N. The molecule has 1 aliphatic carbocycles. The standard InChI is InChI=1S/C25H30N4O/c1-16(2)28-25-21(15-26)20(18-10-12-27-13-11-18)14-22(29-25)24-19(4-3-5-23(24)30)9-8-17-6-7-17/h3-5,14,17-18,27,30H,1,6-13H2,2H3,(H,28,29). The Balaban J connectivity index is 1.83.